The normalized spacial score (nSPS) is 20.6. The highest BCUT2D eigenvalue weighted by Crippen LogP contribution is 2.25. The molecule has 0 aliphatic carbocycles. The van der Waals surface area contributed by atoms with Gasteiger partial charge < -0.3 is 9.47 Å². The van der Waals surface area contributed by atoms with Gasteiger partial charge in [-0.25, -0.2) is 18.1 Å². The summed E-state index contributed by atoms with van der Waals surface area (Å²) in [5.41, 5.74) is 0.0817. The van der Waals surface area contributed by atoms with Gasteiger partial charge in [-0.05, 0) is 25.5 Å². The van der Waals surface area contributed by atoms with Crippen LogP contribution >= 0.6 is 0 Å². The fourth-order valence-corrected chi connectivity index (χ4v) is 5.05. The minimum absolute atomic E-state index is 0.0240. The maximum atomic E-state index is 12.8. The number of sulfone groups is 1. The largest absolute Gasteiger partial charge is 0.458 e. The third-order valence-electron chi connectivity index (χ3n) is 5.08. The molecule has 1 atom stereocenters. The fraction of sp³-hybridized carbons (Fsp3) is 0.368. The van der Waals surface area contributed by atoms with Gasteiger partial charge in [-0.3, -0.25) is 14.2 Å². The molecule has 2 aliphatic rings. The quantitative estimate of drug-likeness (QED) is 0.487. The van der Waals surface area contributed by atoms with Crippen LogP contribution < -0.4 is 5.56 Å². The molecule has 0 saturated carbocycles. The maximum Gasteiger partial charge on any atom is 0.264 e. The number of carbonyl (C=O) groups excluding carboxylic acids is 1. The zero-order valence-corrected chi connectivity index (χ0v) is 17.1. The Morgan fingerprint density at radius 1 is 1.40 bits per heavy atom. The van der Waals surface area contributed by atoms with Gasteiger partial charge in [-0.2, -0.15) is 5.10 Å². The van der Waals surface area contributed by atoms with Crippen LogP contribution in [0.15, 0.2) is 53.1 Å². The number of nitrogens with zero attached hydrogens (tertiary/aromatic N) is 4. The number of ketones is 1. The number of hydrogen-bond donors (Lipinski definition) is 0. The highest BCUT2D eigenvalue weighted by molar-refractivity contribution is 7.91. The van der Waals surface area contributed by atoms with Crippen LogP contribution in [-0.4, -0.2) is 51.8 Å². The van der Waals surface area contributed by atoms with Gasteiger partial charge in [0.1, 0.15) is 17.5 Å². The van der Waals surface area contributed by atoms with Gasteiger partial charge in [-0.1, -0.05) is 6.58 Å². The van der Waals surface area contributed by atoms with Crippen molar-refractivity contribution in [1.82, 2.24) is 19.3 Å². The third-order valence-corrected chi connectivity index (χ3v) is 6.83. The first-order valence-corrected chi connectivity index (χ1v) is 11.1. The third kappa shape index (κ3) is 3.80. The van der Waals surface area contributed by atoms with Crippen molar-refractivity contribution >= 4 is 26.7 Å². The van der Waals surface area contributed by atoms with E-state index >= 15 is 0 Å². The van der Waals surface area contributed by atoms with E-state index in [9.17, 15) is 18.0 Å². The van der Waals surface area contributed by atoms with Crippen LogP contribution in [0, 0.1) is 0 Å². The SMILES string of the molecule is C=C(/C=C\C1=C(C)OCO1)C(=O)Cn1cnc2c(cnn2C2CCS(=O)(=O)C2)c1=O. The van der Waals surface area contributed by atoms with Crippen LogP contribution in [0.5, 0.6) is 0 Å². The van der Waals surface area contributed by atoms with Gasteiger partial charge in [0.2, 0.25) is 6.79 Å². The van der Waals surface area contributed by atoms with Crippen molar-refractivity contribution in [1.29, 1.82) is 0 Å². The van der Waals surface area contributed by atoms with E-state index in [1.54, 1.807) is 13.0 Å². The van der Waals surface area contributed by atoms with Crippen molar-refractivity contribution in [3.8, 4) is 0 Å². The minimum atomic E-state index is -3.10. The van der Waals surface area contributed by atoms with E-state index in [-0.39, 0.29) is 47.6 Å². The van der Waals surface area contributed by atoms with E-state index < -0.39 is 15.4 Å². The topological polar surface area (TPSA) is 122 Å². The number of Topliss-reactive ketones (excluding diaryl/α,β-unsaturated/α-hetero) is 1. The molecule has 30 heavy (non-hydrogen) atoms. The Balaban J connectivity index is 1.52. The number of carbonyl (C=O) groups is 1. The summed E-state index contributed by atoms with van der Waals surface area (Å²) in [5, 5.41) is 4.40. The maximum absolute atomic E-state index is 12.8. The number of hydrogen-bond acceptors (Lipinski definition) is 8. The molecule has 0 amide bonds. The molecule has 0 aromatic carbocycles. The van der Waals surface area contributed by atoms with Gasteiger partial charge in [-0.15, -0.1) is 0 Å². The predicted molar refractivity (Wildman–Crippen MR) is 107 cm³/mol. The second-order valence-corrected chi connectivity index (χ2v) is 9.40. The molecule has 1 saturated heterocycles. The van der Waals surface area contributed by atoms with Crippen LogP contribution in [0.3, 0.4) is 0 Å². The molecular formula is C19H20N4O6S. The van der Waals surface area contributed by atoms with Gasteiger partial charge in [0.25, 0.3) is 5.56 Å². The lowest BCUT2D eigenvalue weighted by atomic mass is 10.1. The molecule has 1 unspecified atom stereocenters. The smallest absolute Gasteiger partial charge is 0.264 e. The molecule has 2 aliphatic heterocycles. The van der Waals surface area contributed by atoms with Crippen molar-refractivity contribution in [3.63, 3.8) is 0 Å². The Hall–Kier alpha value is -3.21. The van der Waals surface area contributed by atoms with Crippen molar-refractivity contribution in [2.75, 3.05) is 18.3 Å². The molecule has 11 heteroatoms. The molecule has 0 radical (unpaired) electrons. The summed E-state index contributed by atoms with van der Waals surface area (Å²) in [4.78, 5) is 29.5. The average Bonchev–Trinajstić information content (AvgIpc) is 3.40. The van der Waals surface area contributed by atoms with E-state index in [2.05, 4.69) is 16.7 Å². The average molecular weight is 432 g/mol. The number of fused-ring (bicyclic) bond motifs is 1. The zero-order valence-electron chi connectivity index (χ0n) is 16.3. The first-order valence-electron chi connectivity index (χ1n) is 9.25. The van der Waals surface area contributed by atoms with Crippen molar-refractivity contribution in [3.05, 3.63) is 58.7 Å². The highest BCUT2D eigenvalue weighted by Gasteiger charge is 2.31. The number of aromatic nitrogens is 4. The highest BCUT2D eigenvalue weighted by atomic mass is 32.2. The first kappa shape index (κ1) is 20.1. The zero-order chi connectivity index (χ0) is 21.5. The fourth-order valence-electron chi connectivity index (χ4n) is 3.36. The summed E-state index contributed by atoms with van der Waals surface area (Å²) >= 11 is 0. The van der Waals surface area contributed by atoms with Gasteiger partial charge in [0, 0.05) is 5.57 Å². The molecule has 158 valence electrons. The summed E-state index contributed by atoms with van der Waals surface area (Å²) < 4.78 is 36.5. The Morgan fingerprint density at radius 2 is 2.20 bits per heavy atom. The lowest BCUT2D eigenvalue weighted by molar-refractivity contribution is -0.115. The van der Waals surface area contributed by atoms with Gasteiger partial charge in [0.15, 0.2) is 27.0 Å². The van der Waals surface area contributed by atoms with Crippen molar-refractivity contribution < 1.29 is 22.7 Å². The number of allylic oxidation sites excluding steroid dienone is 4. The Labute approximate surface area is 172 Å². The van der Waals surface area contributed by atoms with Gasteiger partial charge in [0.05, 0.1) is 30.3 Å². The van der Waals surface area contributed by atoms with E-state index in [4.69, 9.17) is 9.47 Å². The lowest BCUT2D eigenvalue weighted by Crippen LogP contribution is -2.25. The summed E-state index contributed by atoms with van der Waals surface area (Å²) in [6.07, 6.45) is 6.15. The minimum Gasteiger partial charge on any atom is -0.458 e. The Kier molecular flexibility index (Phi) is 5.06. The second-order valence-electron chi connectivity index (χ2n) is 7.17. The molecule has 0 bridgehead atoms. The van der Waals surface area contributed by atoms with Gasteiger partial charge >= 0.3 is 0 Å². The van der Waals surface area contributed by atoms with Crippen LogP contribution in [-0.2, 0) is 30.7 Å². The first-order chi connectivity index (χ1) is 14.2. The van der Waals surface area contributed by atoms with Crippen LogP contribution in [0.2, 0.25) is 0 Å². The predicted octanol–water partition coefficient (Wildman–Crippen LogP) is 0.870. The molecule has 10 nitrogen and oxygen atoms in total. The van der Waals surface area contributed by atoms with E-state index in [0.717, 1.165) is 0 Å². The van der Waals surface area contributed by atoms with Crippen molar-refractivity contribution in [2.45, 2.75) is 25.9 Å². The molecule has 0 N–H and O–H groups in total. The van der Waals surface area contributed by atoms with E-state index in [1.165, 1.54) is 27.8 Å². The molecule has 4 heterocycles. The van der Waals surface area contributed by atoms with E-state index in [1.807, 2.05) is 0 Å². The molecule has 2 aromatic rings. The van der Waals surface area contributed by atoms with Crippen LogP contribution in [0.1, 0.15) is 19.4 Å². The monoisotopic (exact) mass is 432 g/mol. The molecule has 2 aromatic heterocycles. The second kappa shape index (κ2) is 7.56. The molecule has 1 fully saturated rings. The molecule has 0 spiro atoms. The van der Waals surface area contributed by atoms with E-state index in [0.29, 0.717) is 23.6 Å². The number of rotatable bonds is 6. The summed E-state index contributed by atoms with van der Waals surface area (Å²) in [7, 11) is -3.10. The molecule has 4 rings (SSSR count). The Morgan fingerprint density at radius 3 is 2.87 bits per heavy atom. The van der Waals surface area contributed by atoms with Crippen molar-refractivity contribution in [2.24, 2.45) is 0 Å². The summed E-state index contributed by atoms with van der Waals surface area (Å²) in [6, 6.07) is -0.346. The lowest BCUT2D eigenvalue weighted by Gasteiger charge is -2.10. The van der Waals surface area contributed by atoms with Crippen LogP contribution in [0.4, 0.5) is 0 Å². The van der Waals surface area contributed by atoms with Crippen LogP contribution in [0.25, 0.3) is 11.0 Å². The summed E-state index contributed by atoms with van der Waals surface area (Å²) in [5.74, 6) is 0.841. The number of ether oxygens (including phenoxy) is 2. The molecular weight excluding hydrogens is 412 g/mol. The summed E-state index contributed by atoms with van der Waals surface area (Å²) in [6.45, 7) is 5.38. The standard InChI is InChI=1S/C19H20N4O6S/c1-12(3-4-17-13(2)28-11-29-17)16(24)8-22-10-20-18-15(19(22)25)7-21-23(18)14-5-6-30(26,27)9-14/h3-4,7,10,14H,1,5-6,8-9,11H2,2H3/b4-3-. The Bertz CT molecular complexity index is 1270.